The first-order valence-electron chi connectivity index (χ1n) is 6.30. The largest absolute Gasteiger partial charge is 0.497 e. The van der Waals surface area contributed by atoms with Crippen LogP contribution in [0.2, 0.25) is 5.02 Å². The van der Waals surface area contributed by atoms with Crippen LogP contribution in [0.4, 0.5) is 5.69 Å². The monoisotopic (exact) mass is 283 g/mol. The molecule has 2 nitrogen and oxygen atoms in total. The van der Waals surface area contributed by atoms with Gasteiger partial charge in [0.05, 0.1) is 17.8 Å². The van der Waals surface area contributed by atoms with E-state index in [4.69, 9.17) is 22.1 Å². The van der Waals surface area contributed by atoms with Gasteiger partial charge in [-0.15, -0.1) is 0 Å². The molecule has 3 rings (SSSR count). The summed E-state index contributed by atoms with van der Waals surface area (Å²) in [5.74, 6) is 0.862. The summed E-state index contributed by atoms with van der Waals surface area (Å²) in [4.78, 5) is 0. The summed E-state index contributed by atoms with van der Waals surface area (Å²) >= 11 is 5.96. The summed E-state index contributed by atoms with van der Waals surface area (Å²) in [6, 6.07) is 18.0. The van der Waals surface area contributed by atoms with Gasteiger partial charge in [0.15, 0.2) is 0 Å². The lowest BCUT2D eigenvalue weighted by Crippen LogP contribution is -1.87. The maximum Gasteiger partial charge on any atom is 0.119 e. The van der Waals surface area contributed by atoms with Crippen LogP contribution in [0.25, 0.3) is 21.9 Å². The summed E-state index contributed by atoms with van der Waals surface area (Å²) in [5, 5.41) is 2.89. The number of ether oxygens (including phenoxy) is 1. The average Bonchev–Trinajstić information content (AvgIpc) is 2.49. The molecule has 3 aromatic rings. The normalized spacial score (nSPS) is 10.7. The van der Waals surface area contributed by atoms with Crippen molar-refractivity contribution in [2.45, 2.75) is 0 Å². The molecular weight excluding hydrogens is 270 g/mol. The van der Waals surface area contributed by atoms with Gasteiger partial charge < -0.3 is 10.5 Å². The molecule has 0 fully saturated rings. The highest BCUT2D eigenvalue weighted by Gasteiger charge is 2.03. The predicted molar refractivity (Wildman–Crippen MR) is 85.4 cm³/mol. The number of fused-ring (bicyclic) bond motifs is 1. The van der Waals surface area contributed by atoms with E-state index in [0.29, 0.717) is 10.7 Å². The summed E-state index contributed by atoms with van der Waals surface area (Å²) < 4.78 is 5.23. The minimum Gasteiger partial charge on any atom is -0.497 e. The van der Waals surface area contributed by atoms with Gasteiger partial charge in [-0.1, -0.05) is 35.9 Å². The summed E-state index contributed by atoms with van der Waals surface area (Å²) in [6.07, 6.45) is 0. The molecular formula is C17H14ClNO. The molecule has 0 unspecified atom stereocenters. The Morgan fingerprint density at radius 3 is 2.25 bits per heavy atom. The molecule has 2 N–H and O–H groups in total. The second-order valence-corrected chi connectivity index (χ2v) is 5.07. The smallest absolute Gasteiger partial charge is 0.119 e. The van der Waals surface area contributed by atoms with Crippen LogP contribution in [0.5, 0.6) is 5.75 Å². The van der Waals surface area contributed by atoms with Crippen molar-refractivity contribution in [1.82, 2.24) is 0 Å². The van der Waals surface area contributed by atoms with Crippen molar-refractivity contribution >= 4 is 28.1 Å². The number of rotatable bonds is 2. The zero-order chi connectivity index (χ0) is 14.1. The summed E-state index contributed by atoms with van der Waals surface area (Å²) in [5.41, 5.74) is 8.63. The maximum absolute atomic E-state index is 5.96. The Morgan fingerprint density at radius 2 is 1.50 bits per heavy atom. The van der Waals surface area contributed by atoms with E-state index in [1.165, 1.54) is 0 Å². The first-order chi connectivity index (χ1) is 9.67. The Bertz CT molecular complexity index is 783. The molecule has 0 aliphatic heterocycles. The zero-order valence-corrected chi connectivity index (χ0v) is 11.8. The Balaban J connectivity index is 2.10. The maximum atomic E-state index is 5.96. The van der Waals surface area contributed by atoms with Gasteiger partial charge in [-0.3, -0.25) is 0 Å². The minimum absolute atomic E-state index is 0.583. The topological polar surface area (TPSA) is 35.2 Å². The molecule has 0 aliphatic carbocycles. The lowest BCUT2D eigenvalue weighted by atomic mass is 10.0. The van der Waals surface area contributed by atoms with Crippen LogP contribution in [0.3, 0.4) is 0 Å². The molecule has 0 aliphatic rings. The average molecular weight is 284 g/mol. The first kappa shape index (κ1) is 12.8. The van der Waals surface area contributed by atoms with Gasteiger partial charge in [-0.2, -0.15) is 0 Å². The number of hydrogen-bond donors (Lipinski definition) is 1. The lowest BCUT2D eigenvalue weighted by Gasteiger charge is -2.07. The van der Waals surface area contributed by atoms with Gasteiger partial charge in [-0.05, 0) is 52.2 Å². The fraction of sp³-hybridized carbons (Fsp3) is 0.0588. The molecule has 0 aromatic heterocycles. The number of methoxy groups -OCH3 is 1. The van der Waals surface area contributed by atoms with Crippen LogP contribution in [-0.2, 0) is 0 Å². The predicted octanol–water partition coefficient (Wildman–Crippen LogP) is 4.75. The first-order valence-corrected chi connectivity index (χ1v) is 6.68. The number of halogens is 1. The molecule has 0 amide bonds. The second-order valence-electron chi connectivity index (χ2n) is 4.66. The number of nitrogen functional groups attached to an aromatic ring is 1. The van der Waals surface area contributed by atoms with E-state index in [0.717, 1.165) is 27.6 Å². The van der Waals surface area contributed by atoms with Crippen molar-refractivity contribution in [2.24, 2.45) is 0 Å². The van der Waals surface area contributed by atoms with Gasteiger partial charge in [0.2, 0.25) is 0 Å². The van der Waals surface area contributed by atoms with E-state index in [-0.39, 0.29) is 0 Å². The number of anilines is 1. The molecule has 0 bridgehead atoms. The Hall–Kier alpha value is -2.19. The van der Waals surface area contributed by atoms with E-state index in [2.05, 4.69) is 24.3 Å². The third-order valence-electron chi connectivity index (χ3n) is 3.38. The fourth-order valence-corrected chi connectivity index (χ4v) is 2.37. The van der Waals surface area contributed by atoms with Gasteiger partial charge in [0.1, 0.15) is 5.75 Å². The SMILES string of the molecule is COc1ccc2cc(-c3ccc(Cl)c(N)c3)ccc2c1. The van der Waals surface area contributed by atoms with Crippen LogP contribution in [0.15, 0.2) is 54.6 Å². The van der Waals surface area contributed by atoms with Gasteiger partial charge in [0, 0.05) is 0 Å². The summed E-state index contributed by atoms with van der Waals surface area (Å²) in [6.45, 7) is 0. The number of hydrogen-bond acceptors (Lipinski definition) is 2. The van der Waals surface area contributed by atoms with Crippen molar-refractivity contribution in [3.8, 4) is 16.9 Å². The second kappa shape index (κ2) is 5.06. The van der Waals surface area contributed by atoms with Crippen molar-refractivity contribution in [3.63, 3.8) is 0 Å². The summed E-state index contributed by atoms with van der Waals surface area (Å²) in [7, 11) is 1.67. The highest BCUT2D eigenvalue weighted by Crippen LogP contribution is 2.30. The quantitative estimate of drug-likeness (QED) is 0.689. The molecule has 20 heavy (non-hydrogen) atoms. The van der Waals surface area contributed by atoms with Crippen LogP contribution >= 0.6 is 11.6 Å². The minimum atomic E-state index is 0.583. The molecule has 0 spiro atoms. The Labute approximate surface area is 122 Å². The van der Waals surface area contributed by atoms with E-state index < -0.39 is 0 Å². The molecule has 0 atom stereocenters. The highest BCUT2D eigenvalue weighted by atomic mass is 35.5. The molecule has 0 saturated carbocycles. The van der Waals surface area contributed by atoms with Crippen LogP contribution in [-0.4, -0.2) is 7.11 Å². The molecule has 3 heteroatoms. The third-order valence-corrected chi connectivity index (χ3v) is 3.72. The number of nitrogens with two attached hydrogens (primary N) is 1. The van der Waals surface area contributed by atoms with E-state index in [1.807, 2.05) is 30.3 Å². The van der Waals surface area contributed by atoms with Crippen molar-refractivity contribution in [1.29, 1.82) is 0 Å². The zero-order valence-electron chi connectivity index (χ0n) is 11.1. The van der Waals surface area contributed by atoms with E-state index >= 15 is 0 Å². The van der Waals surface area contributed by atoms with E-state index in [1.54, 1.807) is 7.11 Å². The van der Waals surface area contributed by atoms with Crippen LogP contribution in [0, 0.1) is 0 Å². The third kappa shape index (κ3) is 2.30. The van der Waals surface area contributed by atoms with Crippen LogP contribution < -0.4 is 10.5 Å². The van der Waals surface area contributed by atoms with Crippen molar-refractivity contribution < 1.29 is 4.74 Å². The van der Waals surface area contributed by atoms with Crippen molar-refractivity contribution in [3.05, 3.63) is 59.6 Å². The Morgan fingerprint density at radius 1 is 0.850 bits per heavy atom. The molecule has 100 valence electrons. The number of benzene rings is 3. The Kier molecular flexibility index (Phi) is 3.25. The van der Waals surface area contributed by atoms with E-state index in [9.17, 15) is 0 Å². The van der Waals surface area contributed by atoms with Gasteiger partial charge in [-0.25, -0.2) is 0 Å². The van der Waals surface area contributed by atoms with Crippen molar-refractivity contribution in [2.75, 3.05) is 12.8 Å². The molecule has 3 aromatic carbocycles. The highest BCUT2D eigenvalue weighted by molar-refractivity contribution is 6.33. The van der Waals surface area contributed by atoms with Gasteiger partial charge in [0.25, 0.3) is 0 Å². The standard InChI is InChI=1S/C17H14ClNO/c1-20-15-6-4-12-8-11(2-3-13(12)9-15)14-5-7-16(18)17(19)10-14/h2-10H,19H2,1H3. The molecule has 0 heterocycles. The van der Waals surface area contributed by atoms with Gasteiger partial charge >= 0.3 is 0 Å². The molecule has 0 saturated heterocycles. The fourth-order valence-electron chi connectivity index (χ4n) is 2.25. The van der Waals surface area contributed by atoms with Crippen LogP contribution in [0.1, 0.15) is 0 Å². The molecule has 0 radical (unpaired) electrons. The lowest BCUT2D eigenvalue weighted by molar-refractivity contribution is 0.415.